The number of nitrogens with one attached hydrogen (secondary N) is 2. The maximum absolute atomic E-state index is 11.6. The van der Waals surface area contributed by atoms with Gasteiger partial charge in [0, 0.05) is 24.4 Å². The highest BCUT2D eigenvalue weighted by Gasteiger charge is 2.40. The molecule has 2 fully saturated rings. The van der Waals surface area contributed by atoms with E-state index in [2.05, 4.69) is 10.6 Å². The van der Waals surface area contributed by atoms with Crippen LogP contribution in [0.4, 0.5) is 0 Å². The minimum absolute atomic E-state index is 0.0892. The zero-order valence-electron chi connectivity index (χ0n) is 11.3. The molecule has 2 unspecified atom stereocenters. The van der Waals surface area contributed by atoms with Gasteiger partial charge in [0.15, 0.2) is 0 Å². The summed E-state index contributed by atoms with van der Waals surface area (Å²) >= 11 is 1.98. The van der Waals surface area contributed by atoms with Gasteiger partial charge >= 0.3 is 0 Å². The molecule has 1 amide bonds. The van der Waals surface area contributed by atoms with Crippen molar-refractivity contribution in [2.24, 2.45) is 0 Å². The number of amides is 1. The summed E-state index contributed by atoms with van der Waals surface area (Å²) in [5, 5.41) is 6.28. The highest BCUT2D eigenvalue weighted by Crippen LogP contribution is 2.38. The largest absolute Gasteiger partial charge is 0.374 e. The van der Waals surface area contributed by atoms with Crippen molar-refractivity contribution in [1.29, 1.82) is 0 Å². The van der Waals surface area contributed by atoms with E-state index in [4.69, 9.17) is 4.74 Å². The Morgan fingerprint density at radius 2 is 2.39 bits per heavy atom. The number of hydrogen-bond acceptors (Lipinski definition) is 4. The molecule has 2 aliphatic heterocycles. The molecule has 2 heterocycles. The second kappa shape index (κ2) is 6.26. The predicted molar refractivity (Wildman–Crippen MR) is 74.9 cm³/mol. The highest BCUT2D eigenvalue weighted by molar-refractivity contribution is 7.99. The van der Waals surface area contributed by atoms with Gasteiger partial charge in [0.2, 0.25) is 5.91 Å². The van der Waals surface area contributed by atoms with Gasteiger partial charge < -0.3 is 15.4 Å². The smallest absolute Gasteiger partial charge is 0.234 e. The van der Waals surface area contributed by atoms with E-state index in [0.29, 0.717) is 12.6 Å². The van der Waals surface area contributed by atoms with E-state index in [1.54, 1.807) is 0 Å². The van der Waals surface area contributed by atoms with Crippen molar-refractivity contribution in [2.45, 2.75) is 50.8 Å². The zero-order valence-corrected chi connectivity index (χ0v) is 12.1. The number of ether oxygens (including phenoxy) is 1. The van der Waals surface area contributed by atoms with E-state index in [9.17, 15) is 4.79 Å². The summed E-state index contributed by atoms with van der Waals surface area (Å²) in [7, 11) is 0. The van der Waals surface area contributed by atoms with Crippen LogP contribution in [0, 0.1) is 0 Å². The molecular formula is C13H24N2O2S. The van der Waals surface area contributed by atoms with Crippen molar-refractivity contribution >= 4 is 17.7 Å². The van der Waals surface area contributed by atoms with Crippen LogP contribution in [-0.2, 0) is 9.53 Å². The van der Waals surface area contributed by atoms with Gasteiger partial charge in [0.1, 0.15) is 0 Å². The van der Waals surface area contributed by atoms with Gasteiger partial charge in [-0.05, 0) is 38.9 Å². The van der Waals surface area contributed by atoms with Crippen LogP contribution in [0.3, 0.4) is 0 Å². The van der Waals surface area contributed by atoms with Crippen molar-refractivity contribution < 1.29 is 9.53 Å². The summed E-state index contributed by atoms with van der Waals surface area (Å²) in [4.78, 5) is 11.6. The lowest BCUT2D eigenvalue weighted by molar-refractivity contribution is -0.121. The Bertz CT molecular complexity index is 291. The molecule has 0 saturated carbocycles. The maximum atomic E-state index is 11.6. The Morgan fingerprint density at radius 1 is 1.56 bits per heavy atom. The molecule has 2 aliphatic rings. The normalized spacial score (nSPS) is 32.1. The van der Waals surface area contributed by atoms with E-state index < -0.39 is 0 Å². The highest BCUT2D eigenvalue weighted by atomic mass is 32.2. The van der Waals surface area contributed by atoms with Gasteiger partial charge in [-0.1, -0.05) is 0 Å². The van der Waals surface area contributed by atoms with Crippen LogP contribution in [-0.4, -0.2) is 48.2 Å². The fourth-order valence-corrected chi connectivity index (χ4v) is 4.05. The molecule has 0 aromatic carbocycles. The van der Waals surface area contributed by atoms with E-state index in [0.717, 1.165) is 31.6 Å². The first-order chi connectivity index (χ1) is 8.60. The van der Waals surface area contributed by atoms with Crippen LogP contribution in [0.15, 0.2) is 0 Å². The average molecular weight is 272 g/mol. The zero-order chi connectivity index (χ0) is 13.0. The van der Waals surface area contributed by atoms with Gasteiger partial charge in [-0.2, -0.15) is 11.8 Å². The lowest BCUT2D eigenvalue weighted by Crippen LogP contribution is -2.49. The standard InChI is InChI=1S/C13H24N2O2S/c1-10(2)15-12(16)8-14-11-3-5-17-13(7-11)4-6-18-9-13/h10-11,14H,3-9H2,1-2H3,(H,15,16). The molecule has 104 valence electrons. The van der Waals surface area contributed by atoms with E-state index in [1.165, 1.54) is 5.75 Å². The van der Waals surface area contributed by atoms with Crippen LogP contribution >= 0.6 is 11.8 Å². The van der Waals surface area contributed by atoms with Crippen LogP contribution < -0.4 is 10.6 Å². The Labute approximate surface area is 114 Å². The maximum Gasteiger partial charge on any atom is 0.234 e. The van der Waals surface area contributed by atoms with Crippen molar-refractivity contribution in [1.82, 2.24) is 10.6 Å². The quantitative estimate of drug-likeness (QED) is 0.806. The van der Waals surface area contributed by atoms with Crippen LogP contribution in [0.2, 0.25) is 0 Å². The molecule has 2 saturated heterocycles. The van der Waals surface area contributed by atoms with Crippen molar-refractivity contribution in [3.63, 3.8) is 0 Å². The predicted octanol–water partition coefficient (Wildman–Crippen LogP) is 1.16. The third kappa shape index (κ3) is 3.87. The number of rotatable bonds is 4. The van der Waals surface area contributed by atoms with Crippen molar-refractivity contribution in [2.75, 3.05) is 24.7 Å². The van der Waals surface area contributed by atoms with Crippen molar-refractivity contribution in [3.05, 3.63) is 0 Å². The van der Waals surface area contributed by atoms with Crippen LogP contribution in [0.25, 0.3) is 0 Å². The van der Waals surface area contributed by atoms with Crippen molar-refractivity contribution in [3.8, 4) is 0 Å². The van der Waals surface area contributed by atoms with Crippen LogP contribution in [0.1, 0.15) is 33.1 Å². The summed E-state index contributed by atoms with van der Waals surface area (Å²) in [5.41, 5.74) is 0.0924. The number of hydrogen-bond donors (Lipinski definition) is 2. The molecule has 0 aromatic heterocycles. The van der Waals surface area contributed by atoms with Gasteiger partial charge in [0.25, 0.3) is 0 Å². The Morgan fingerprint density at radius 3 is 3.06 bits per heavy atom. The molecule has 2 rings (SSSR count). The van der Waals surface area contributed by atoms with Crippen LogP contribution in [0.5, 0.6) is 0 Å². The summed E-state index contributed by atoms with van der Waals surface area (Å²) in [6.45, 7) is 5.21. The third-order valence-corrected chi connectivity index (χ3v) is 4.78. The first-order valence-electron chi connectivity index (χ1n) is 6.84. The number of thioether (sulfide) groups is 1. The molecule has 2 N–H and O–H groups in total. The fourth-order valence-electron chi connectivity index (χ4n) is 2.68. The Kier molecular flexibility index (Phi) is 4.92. The average Bonchev–Trinajstić information content (AvgIpc) is 2.74. The summed E-state index contributed by atoms with van der Waals surface area (Å²) in [6, 6.07) is 0.641. The van der Waals surface area contributed by atoms with Gasteiger partial charge in [-0.25, -0.2) is 0 Å². The molecule has 5 heteroatoms. The molecule has 1 spiro atoms. The lowest BCUT2D eigenvalue weighted by atomic mass is 9.90. The Hall–Kier alpha value is -0.260. The lowest BCUT2D eigenvalue weighted by Gasteiger charge is -2.38. The van der Waals surface area contributed by atoms with E-state index in [1.807, 2.05) is 25.6 Å². The molecule has 0 radical (unpaired) electrons. The monoisotopic (exact) mass is 272 g/mol. The molecule has 18 heavy (non-hydrogen) atoms. The van der Waals surface area contributed by atoms with Gasteiger partial charge in [-0.3, -0.25) is 4.79 Å². The van der Waals surface area contributed by atoms with Gasteiger partial charge in [-0.15, -0.1) is 0 Å². The number of carbonyl (C=O) groups is 1. The molecule has 0 bridgehead atoms. The fraction of sp³-hybridized carbons (Fsp3) is 0.923. The third-order valence-electron chi connectivity index (χ3n) is 3.56. The molecule has 0 aliphatic carbocycles. The van der Waals surface area contributed by atoms with Gasteiger partial charge in [0.05, 0.1) is 12.1 Å². The van der Waals surface area contributed by atoms with E-state index in [-0.39, 0.29) is 17.6 Å². The molecule has 4 nitrogen and oxygen atoms in total. The molecule has 2 atom stereocenters. The molecule has 0 aromatic rings. The minimum atomic E-state index is 0.0892. The number of carbonyl (C=O) groups excluding carboxylic acids is 1. The summed E-state index contributed by atoms with van der Waals surface area (Å²) in [5.74, 6) is 2.41. The summed E-state index contributed by atoms with van der Waals surface area (Å²) in [6.07, 6.45) is 3.23. The Balaban J connectivity index is 1.74. The van der Waals surface area contributed by atoms with E-state index >= 15 is 0 Å². The summed E-state index contributed by atoms with van der Waals surface area (Å²) < 4.78 is 5.97. The second-order valence-electron chi connectivity index (χ2n) is 5.63. The molecular weight excluding hydrogens is 248 g/mol. The minimum Gasteiger partial charge on any atom is -0.374 e. The topological polar surface area (TPSA) is 50.4 Å². The SMILES string of the molecule is CC(C)NC(=O)CNC1CCOC2(CCSC2)C1. The first-order valence-corrected chi connectivity index (χ1v) is 8.00. The second-order valence-corrected chi connectivity index (χ2v) is 6.73. The first kappa shape index (κ1) is 14.2.